The molecule has 0 aromatic carbocycles. The third-order valence-electron chi connectivity index (χ3n) is 3.38. The fraction of sp³-hybridized carbons (Fsp3) is 0.909. The molecule has 88 valence electrons. The van der Waals surface area contributed by atoms with Crippen LogP contribution in [0.5, 0.6) is 0 Å². The molecular formula is C11H22N2O2. The lowest BCUT2D eigenvalue weighted by molar-refractivity contribution is -0.124. The van der Waals surface area contributed by atoms with Gasteiger partial charge in [0, 0.05) is 13.1 Å². The summed E-state index contributed by atoms with van der Waals surface area (Å²) in [6.45, 7) is 6.82. The average molecular weight is 214 g/mol. The zero-order valence-electron chi connectivity index (χ0n) is 9.92. The number of carbonyl (C=O) groups is 1. The highest BCUT2D eigenvalue weighted by Crippen LogP contribution is 2.32. The van der Waals surface area contributed by atoms with Crippen molar-refractivity contribution in [2.45, 2.75) is 20.3 Å². The smallest absolute Gasteiger partial charge is 0.245 e. The monoisotopic (exact) mass is 214 g/mol. The number of nitrogens with one attached hydrogen (secondary N) is 1. The van der Waals surface area contributed by atoms with Gasteiger partial charge < -0.3 is 15.3 Å². The van der Waals surface area contributed by atoms with Gasteiger partial charge in [-0.2, -0.15) is 0 Å². The molecule has 15 heavy (non-hydrogen) atoms. The molecule has 0 radical (unpaired) electrons. The molecule has 1 rings (SSSR count). The first-order chi connectivity index (χ1) is 6.95. The van der Waals surface area contributed by atoms with E-state index in [1.807, 2.05) is 0 Å². The van der Waals surface area contributed by atoms with Crippen LogP contribution in [0.1, 0.15) is 20.3 Å². The van der Waals surface area contributed by atoms with Gasteiger partial charge in [0.25, 0.3) is 0 Å². The number of amides is 1. The van der Waals surface area contributed by atoms with E-state index in [1.165, 1.54) is 6.42 Å². The number of hydrogen-bond acceptors (Lipinski definition) is 3. The number of hydrogen-bond donors (Lipinski definition) is 2. The Labute approximate surface area is 91.6 Å². The minimum Gasteiger partial charge on any atom is -0.387 e. The Morgan fingerprint density at radius 1 is 1.60 bits per heavy atom. The van der Waals surface area contributed by atoms with Crippen LogP contribution in [-0.2, 0) is 4.79 Å². The third-order valence-corrected chi connectivity index (χ3v) is 3.38. The fourth-order valence-corrected chi connectivity index (χ4v) is 2.10. The maximum atomic E-state index is 11.0. The second-order valence-corrected chi connectivity index (χ2v) is 5.17. The fourth-order valence-electron chi connectivity index (χ4n) is 2.10. The van der Waals surface area contributed by atoms with E-state index in [2.05, 4.69) is 31.1 Å². The van der Waals surface area contributed by atoms with Gasteiger partial charge in [0.15, 0.2) is 0 Å². The number of rotatable bonds is 4. The van der Waals surface area contributed by atoms with Crippen LogP contribution in [0.4, 0.5) is 0 Å². The number of nitrogens with zero attached hydrogens (tertiary/aromatic N) is 1. The Morgan fingerprint density at radius 2 is 2.27 bits per heavy atom. The Balaban J connectivity index is 2.40. The predicted molar refractivity (Wildman–Crippen MR) is 59.5 cm³/mol. The second-order valence-electron chi connectivity index (χ2n) is 5.17. The van der Waals surface area contributed by atoms with Crippen LogP contribution < -0.4 is 5.32 Å². The molecule has 1 aliphatic heterocycles. The number of aliphatic hydroxyl groups excluding tert-OH is 1. The van der Waals surface area contributed by atoms with Crippen LogP contribution in [0.15, 0.2) is 0 Å². The van der Waals surface area contributed by atoms with Crippen molar-refractivity contribution in [2.75, 3.05) is 33.3 Å². The lowest BCUT2D eigenvalue weighted by atomic mass is 9.78. The highest BCUT2D eigenvalue weighted by molar-refractivity contribution is 5.76. The van der Waals surface area contributed by atoms with Crippen molar-refractivity contribution in [3.63, 3.8) is 0 Å². The maximum Gasteiger partial charge on any atom is 0.245 e. The van der Waals surface area contributed by atoms with E-state index in [1.54, 1.807) is 0 Å². The van der Waals surface area contributed by atoms with Gasteiger partial charge in [-0.1, -0.05) is 13.8 Å². The largest absolute Gasteiger partial charge is 0.387 e. The molecule has 1 saturated heterocycles. The van der Waals surface area contributed by atoms with Crippen LogP contribution in [-0.4, -0.2) is 49.2 Å². The molecular weight excluding hydrogens is 192 g/mol. The van der Waals surface area contributed by atoms with Gasteiger partial charge in [-0.05, 0) is 31.3 Å². The Morgan fingerprint density at radius 3 is 2.73 bits per heavy atom. The zero-order valence-corrected chi connectivity index (χ0v) is 9.92. The standard InChI is InChI=1S/C11H22N2O2/c1-11(2,8-12-10(15)7-14)9-4-5-13(3)6-9/h9,14H,4-8H2,1-3H3,(H,12,15). The van der Waals surface area contributed by atoms with Gasteiger partial charge in [-0.3, -0.25) is 4.79 Å². The van der Waals surface area contributed by atoms with Crippen LogP contribution in [0.25, 0.3) is 0 Å². The molecule has 1 unspecified atom stereocenters. The number of carbonyl (C=O) groups excluding carboxylic acids is 1. The minimum absolute atomic E-state index is 0.107. The average Bonchev–Trinajstić information content (AvgIpc) is 2.62. The number of likely N-dealkylation sites (tertiary alicyclic amines) is 1. The highest BCUT2D eigenvalue weighted by atomic mass is 16.3. The summed E-state index contributed by atoms with van der Waals surface area (Å²) in [5.41, 5.74) is 0.107. The summed E-state index contributed by atoms with van der Waals surface area (Å²) in [7, 11) is 2.13. The molecule has 0 spiro atoms. The predicted octanol–water partition coefficient (Wildman–Crippen LogP) is 0.0728. The highest BCUT2D eigenvalue weighted by Gasteiger charge is 2.33. The van der Waals surface area contributed by atoms with Crippen molar-refractivity contribution in [3.05, 3.63) is 0 Å². The van der Waals surface area contributed by atoms with Crippen LogP contribution in [0.2, 0.25) is 0 Å². The lowest BCUT2D eigenvalue weighted by Crippen LogP contribution is -2.40. The third kappa shape index (κ3) is 3.47. The van der Waals surface area contributed by atoms with Gasteiger partial charge in [0.2, 0.25) is 5.91 Å². The first-order valence-electron chi connectivity index (χ1n) is 5.52. The normalized spacial score (nSPS) is 23.1. The van der Waals surface area contributed by atoms with Crippen molar-refractivity contribution in [2.24, 2.45) is 11.3 Å². The molecule has 1 heterocycles. The van der Waals surface area contributed by atoms with Crippen molar-refractivity contribution in [1.82, 2.24) is 10.2 Å². The minimum atomic E-state index is -0.416. The molecule has 1 atom stereocenters. The molecule has 0 saturated carbocycles. The lowest BCUT2D eigenvalue weighted by Gasteiger charge is -2.31. The van der Waals surface area contributed by atoms with Gasteiger partial charge in [-0.25, -0.2) is 0 Å². The van der Waals surface area contributed by atoms with Crippen molar-refractivity contribution in [3.8, 4) is 0 Å². The first-order valence-corrected chi connectivity index (χ1v) is 5.52. The second kappa shape index (κ2) is 4.94. The Kier molecular flexibility index (Phi) is 4.11. The number of aliphatic hydroxyl groups is 1. The van der Waals surface area contributed by atoms with Gasteiger partial charge in [0.1, 0.15) is 6.61 Å². The molecule has 4 heteroatoms. The molecule has 2 N–H and O–H groups in total. The summed E-state index contributed by atoms with van der Waals surface area (Å²) in [6, 6.07) is 0. The van der Waals surface area contributed by atoms with E-state index >= 15 is 0 Å². The van der Waals surface area contributed by atoms with Crippen LogP contribution in [0, 0.1) is 11.3 Å². The maximum absolute atomic E-state index is 11.0. The van der Waals surface area contributed by atoms with Gasteiger partial charge in [-0.15, -0.1) is 0 Å². The molecule has 1 amide bonds. The summed E-state index contributed by atoms with van der Waals surface area (Å²) in [5, 5.41) is 11.4. The van der Waals surface area contributed by atoms with E-state index in [0.29, 0.717) is 12.5 Å². The molecule has 0 aliphatic carbocycles. The molecule has 1 fully saturated rings. The molecule has 4 nitrogen and oxygen atoms in total. The van der Waals surface area contributed by atoms with E-state index in [4.69, 9.17) is 5.11 Å². The first kappa shape index (κ1) is 12.5. The molecule has 1 aliphatic rings. The van der Waals surface area contributed by atoms with Crippen molar-refractivity contribution in [1.29, 1.82) is 0 Å². The SMILES string of the molecule is CN1CCC(C(C)(C)CNC(=O)CO)C1. The summed E-state index contributed by atoms with van der Waals surface area (Å²) in [5.74, 6) is 0.343. The van der Waals surface area contributed by atoms with E-state index in [9.17, 15) is 4.79 Å². The summed E-state index contributed by atoms with van der Waals surface area (Å²) in [6.07, 6.45) is 1.19. The van der Waals surface area contributed by atoms with E-state index in [0.717, 1.165) is 13.1 Å². The summed E-state index contributed by atoms with van der Waals surface area (Å²) >= 11 is 0. The quantitative estimate of drug-likeness (QED) is 0.696. The van der Waals surface area contributed by atoms with Crippen molar-refractivity contribution < 1.29 is 9.90 Å². The molecule has 0 bridgehead atoms. The molecule has 0 aromatic rings. The Bertz CT molecular complexity index is 229. The summed E-state index contributed by atoms with van der Waals surface area (Å²) < 4.78 is 0. The van der Waals surface area contributed by atoms with Gasteiger partial charge >= 0.3 is 0 Å². The zero-order chi connectivity index (χ0) is 11.5. The van der Waals surface area contributed by atoms with Crippen molar-refractivity contribution >= 4 is 5.91 Å². The van der Waals surface area contributed by atoms with E-state index in [-0.39, 0.29) is 11.3 Å². The van der Waals surface area contributed by atoms with Crippen LogP contribution >= 0.6 is 0 Å². The Hall–Kier alpha value is -0.610. The molecule has 0 aromatic heterocycles. The van der Waals surface area contributed by atoms with E-state index < -0.39 is 6.61 Å². The summed E-state index contributed by atoms with van der Waals surface area (Å²) in [4.78, 5) is 13.3. The van der Waals surface area contributed by atoms with Crippen LogP contribution in [0.3, 0.4) is 0 Å². The topological polar surface area (TPSA) is 52.6 Å². The van der Waals surface area contributed by atoms with Gasteiger partial charge in [0.05, 0.1) is 0 Å².